The number of para-hydroxylation sites is 1. The van der Waals surface area contributed by atoms with Crippen LogP contribution in [0.2, 0.25) is 0 Å². The van der Waals surface area contributed by atoms with Crippen molar-refractivity contribution in [2.24, 2.45) is 0 Å². The number of hydrogen-bond donors (Lipinski definition) is 1. The van der Waals surface area contributed by atoms with E-state index in [1.807, 2.05) is 24.3 Å². The van der Waals surface area contributed by atoms with Crippen LogP contribution in [0.15, 0.2) is 24.3 Å². The lowest BCUT2D eigenvalue weighted by atomic mass is 10.3. The molecular weight excluding hydrogens is 224 g/mol. The molecule has 5 heteroatoms. The molecule has 0 fully saturated rings. The largest absolute Gasteiger partial charge is 0.447 e. The molecule has 1 heterocycles. The van der Waals surface area contributed by atoms with E-state index < -0.39 is 6.09 Å². The maximum atomic E-state index is 11.3. The molecule has 2 aromatic rings. The molecule has 4 nitrogen and oxygen atoms in total. The molecule has 0 saturated heterocycles. The molecule has 1 N–H and O–H groups in total. The summed E-state index contributed by atoms with van der Waals surface area (Å²) in [5.41, 5.74) is 0.882. The van der Waals surface area contributed by atoms with E-state index >= 15 is 0 Å². The maximum absolute atomic E-state index is 11.3. The number of hydrogen-bond acceptors (Lipinski definition) is 4. The molecule has 0 saturated carbocycles. The number of fused-ring (bicyclic) bond motifs is 1. The van der Waals surface area contributed by atoms with Gasteiger partial charge in [0.25, 0.3) is 0 Å². The Morgan fingerprint density at radius 2 is 2.19 bits per heavy atom. The highest BCUT2D eigenvalue weighted by Crippen LogP contribution is 2.25. The van der Waals surface area contributed by atoms with Gasteiger partial charge in [0.05, 0.1) is 16.3 Å². The number of amides is 1. The Labute approximate surface area is 97.3 Å². The first-order chi connectivity index (χ1) is 7.65. The number of anilines is 1. The van der Waals surface area contributed by atoms with Gasteiger partial charge in [-0.1, -0.05) is 23.5 Å². The highest BCUT2D eigenvalue weighted by Gasteiger charge is 2.09. The topological polar surface area (TPSA) is 51.2 Å². The first kappa shape index (κ1) is 10.9. The van der Waals surface area contributed by atoms with E-state index in [0.29, 0.717) is 5.13 Å². The summed E-state index contributed by atoms with van der Waals surface area (Å²) in [6.07, 6.45) is -0.594. The van der Waals surface area contributed by atoms with Crippen molar-refractivity contribution in [2.75, 3.05) is 5.32 Å². The Kier molecular flexibility index (Phi) is 3.05. The number of benzene rings is 1. The number of rotatable bonds is 2. The van der Waals surface area contributed by atoms with Crippen molar-refractivity contribution in [1.82, 2.24) is 4.98 Å². The van der Waals surface area contributed by atoms with Crippen molar-refractivity contribution in [1.29, 1.82) is 0 Å². The summed E-state index contributed by atoms with van der Waals surface area (Å²) in [5.74, 6) is 0. The van der Waals surface area contributed by atoms with Gasteiger partial charge in [-0.05, 0) is 26.0 Å². The SMILES string of the molecule is CC(C)OC(=O)Nc1nc2ccccc2s1. The standard InChI is InChI=1S/C11H12N2O2S/c1-7(2)15-11(14)13-10-12-8-5-3-4-6-9(8)16-10/h3-7H,1-2H3,(H,12,13,14). The molecule has 0 atom stereocenters. The third kappa shape index (κ3) is 2.49. The van der Waals surface area contributed by atoms with Crippen molar-refractivity contribution >= 4 is 32.8 Å². The van der Waals surface area contributed by atoms with Crippen LogP contribution in [0.4, 0.5) is 9.93 Å². The zero-order chi connectivity index (χ0) is 11.5. The molecule has 2 rings (SSSR count). The van der Waals surface area contributed by atoms with Gasteiger partial charge < -0.3 is 4.74 Å². The Morgan fingerprint density at radius 1 is 1.44 bits per heavy atom. The number of thiazole rings is 1. The lowest BCUT2D eigenvalue weighted by molar-refractivity contribution is 0.130. The minimum Gasteiger partial charge on any atom is -0.447 e. The number of nitrogens with zero attached hydrogens (tertiary/aromatic N) is 1. The average molecular weight is 236 g/mol. The molecule has 0 unspecified atom stereocenters. The number of nitrogens with one attached hydrogen (secondary N) is 1. The quantitative estimate of drug-likeness (QED) is 0.870. The van der Waals surface area contributed by atoms with E-state index in [1.165, 1.54) is 11.3 Å². The summed E-state index contributed by atoms with van der Waals surface area (Å²) in [6.45, 7) is 3.61. The number of carbonyl (C=O) groups is 1. The van der Waals surface area contributed by atoms with Crippen LogP contribution >= 0.6 is 11.3 Å². The summed E-state index contributed by atoms with van der Waals surface area (Å²) in [4.78, 5) is 15.6. The monoisotopic (exact) mass is 236 g/mol. The van der Waals surface area contributed by atoms with Crippen molar-refractivity contribution in [3.63, 3.8) is 0 Å². The van der Waals surface area contributed by atoms with E-state index in [0.717, 1.165) is 10.2 Å². The fraction of sp³-hybridized carbons (Fsp3) is 0.273. The Bertz CT molecular complexity index is 474. The summed E-state index contributed by atoms with van der Waals surface area (Å²) in [7, 11) is 0. The van der Waals surface area contributed by atoms with Crippen molar-refractivity contribution < 1.29 is 9.53 Å². The fourth-order valence-electron chi connectivity index (χ4n) is 1.26. The van der Waals surface area contributed by atoms with Crippen LogP contribution in [-0.2, 0) is 4.74 Å². The van der Waals surface area contributed by atoms with Gasteiger partial charge in [0.15, 0.2) is 5.13 Å². The van der Waals surface area contributed by atoms with Gasteiger partial charge in [-0.2, -0.15) is 0 Å². The van der Waals surface area contributed by atoms with Crippen LogP contribution < -0.4 is 5.32 Å². The van der Waals surface area contributed by atoms with Crippen LogP contribution in [-0.4, -0.2) is 17.2 Å². The van der Waals surface area contributed by atoms with Gasteiger partial charge in [-0.15, -0.1) is 0 Å². The summed E-state index contributed by atoms with van der Waals surface area (Å²) in [6, 6.07) is 7.73. The molecule has 16 heavy (non-hydrogen) atoms. The van der Waals surface area contributed by atoms with Gasteiger partial charge in [-0.3, -0.25) is 5.32 Å². The predicted octanol–water partition coefficient (Wildman–Crippen LogP) is 3.25. The third-order valence-electron chi connectivity index (χ3n) is 1.85. The first-order valence-electron chi connectivity index (χ1n) is 4.98. The number of carbonyl (C=O) groups excluding carboxylic acids is 1. The zero-order valence-corrected chi connectivity index (χ0v) is 9.88. The molecule has 0 spiro atoms. The molecule has 84 valence electrons. The first-order valence-corrected chi connectivity index (χ1v) is 5.80. The summed E-state index contributed by atoms with van der Waals surface area (Å²) >= 11 is 1.43. The lowest BCUT2D eigenvalue weighted by Crippen LogP contribution is -2.17. The third-order valence-corrected chi connectivity index (χ3v) is 2.80. The second-order valence-electron chi connectivity index (χ2n) is 3.57. The van der Waals surface area contributed by atoms with Gasteiger partial charge in [0.2, 0.25) is 0 Å². The molecule has 0 aliphatic rings. The smallest absolute Gasteiger partial charge is 0.413 e. The van der Waals surface area contributed by atoms with Crippen molar-refractivity contribution in [2.45, 2.75) is 20.0 Å². The van der Waals surface area contributed by atoms with Crippen LogP contribution in [0.1, 0.15) is 13.8 Å². The van der Waals surface area contributed by atoms with E-state index in [2.05, 4.69) is 10.3 Å². The molecule has 1 aromatic heterocycles. The van der Waals surface area contributed by atoms with Crippen molar-refractivity contribution in [3.05, 3.63) is 24.3 Å². The van der Waals surface area contributed by atoms with Gasteiger partial charge in [0.1, 0.15) is 0 Å². The van der Waals surface area contributed by atoms with Crippen molar-refractivity contribution in [3.8, 4) is 0 Å². The fourth-order valence-corrected chi connectivity index (χ4v) is 2.11. The highest BCUT2D eigenvalue weighted by atomic mass is 32.1. The normalized spacial score (nSPS) is 10.7. The molecule has 1 aromatic carbocycles. The zero-order valence-electron chi connectivity index (χ0n) is 9.06. The molecule has 1 amide bonds. The van der Waals surface area contributed by atoms with Gasteiger partial charge >= 0.3 is 6.09 Å². The minimum absolute atomic E-state index is 0.130. The van der Waals surface area contributed by atoms with Crippen LogP contribution in [0.5, 0.6) is 0 Å². The molecule has 0 bridgehead atoms. The average Bonchev–Trinajstić information content (AvgIpc) is 2.57. The second kappa shape index (κ2) is 4.49. The predicted molar refractivity (Wildman–Crippen MR) is 64.9 cm³/mol. The van der Waals surface area contributed by atoms with E-state index in [4.69, 9.17) is 4.74 Å². The van der Waals surface area contributed by atoms with E-state index in [9.17, 15) is 4.79 Å². The van der Waals surface area contributed by atoms with Gasteiger partial charge in [-0.25, -0.2) is 9.78 Å². The summed E-state index contributed by atoms with van der Waals surface area (Å²) in [5, 5.41) is 3.17. The Morgan fingerprint density at radius 3 is 2.88 bits per heavy atom. The Hall–Kier alpha value is -1.62. The van der Waals surface area contributed by atoms with Gasteiger partial charge in [0, 0.05) is 0 Å². The maximum Gasteiger partial charge on any atom is 0.413 e. The molecule has 0 radical (unpaired) electrons. The van der Waals surface area contributed by atoms with Crippen LogP contribution in [0.25, 0.3) is 10.2 Å². The minimum atomic E-state index is -0.464. The molecule has 0 aliphatic carbocycles. The van der Waals surface area contributed by atoms with Crippen LogP contribution in [0.3, 0.4) is 0 Å². The highest BCUT2D eigenvalue weighted by molar-refractivity contribution is 7.22. The van der Waals surface area contributed by atoms with Crippen LogP contribution in [0, 0.1) is 0 Å². The number of ether oxygens (including phenoxy) is 1. The lowest BCUT2D eigenvalue weighted by Gasteiger charge is -2.06. The molecular formula is C11H12N2O2S. The van der Waals surface area contributed by atoms with E-state index in [1.54, 1.807) is 13.8 Å². The number of aromatic nitrogens is 1. The second-order valence-corrected chi connectivity index (χ2v) is 4.60. The Balaban J connectivity index is 2.12. The van der Waals surface area contributed by atoms with E-state index in [-0.39, 0.29) is 6.10 Å². The molecule has 0 aliphatic heterocycles. The summed E-state index contributed by atoms with van der Waals surface area (Å²) < 4.78 is 6.01.